The van der Waals surface area contributed by atoms with E-state index >= 15 is 0 Å². The van der Waals surface area contributed by atoms with Crippen molar-refractivity contribution in [2.45, 2.75) is 62.3 Å². The first-order valence-corrected chi connectivity index (χ1v) is 14.9. The maximum Gasteiger partial charge on any atom is 0.411 e. The number of rotatable bonds is 13. The molecule has 0 aliphatic carbocycles. The van der Waals surface area contributed by atoms with Gasteiger partial charge in [0.1, 0.15) is 5.54 Å². The molecule has 0 saturated carbocycles. The summed E-state index contributed by atoms with van der Waals surface area (Å²) in [7, 11) is -4.24. The third-order valence-electron chi connectivity index (χ3n) is 6.72. The van der Waals surface area contributed by atoms with Crippen LogP contribution in [0.5, 0.6) is 0 Å². The molecule has 214 valence electrons. The van der Waals surface area contributed by atoms with E-state index < -0.39 is 46.6 Å². The van der Waals surface area contributed by atoms with Crippen LogP contribution in [-0.4, -0.2) is 69.7 Å². The van der Waals surface area contributed by atoms with Crippen molar-refractivity contribution in [1.82, 2.24) is 20.3 Å². The fourth-order valence-electron chi connectivity index (χ4n) is 4.54. The zero-order valence-electron chi connectivity index (χ0n) is 22.4. The van der Waals surface area contributed by atoms with E-state index in [-0.39, 0.29) is 17.9 Å². The third kappa shape index (κ3) is 8.38. The Hall–Kier alpha value is -3.22. The molecule has 3 rings (SSSR count). The molecule has 11 nitrogen and oxygen atoms in total. The van der Waals surface area contributed by atoms with Crippen molar-refractivity contribution in [2.24, 2.45) is 5.73 Å². The van der Waals surface area contributed by atoms with Crippen LogP contribution in [0.3, 0.4) is 0 Å². The summed E-state index contributed by atoms with van der Waals surface area (Å²) in [5.74, 6) is -1.31. The van der Waals surface area contributed by atoms with E-state index in [2.05, 4.69) is 15.4 Å². The van der Waals surface area contributed by atoms with Crippen LogP contribution in [0, 0.1) is 0 Å². The quantitative estimate of drug-likeness (QED) is 0.215. The number of unbranched alkanes of at least 4 members (excludes halogenated alkanes) is 1. The highest BCUT2D eigenvalue weighted by atomic mass is 32.2. The average molecular weight is 562 g/mol. The SMILES string of the molecule is CCCCNC(=O)[C@](CCN)(CC(=O)NCOC(=O)N1CCCCC1)NS(=O)(=O)c1ccc2ccccc2c1. The number of benzene rings is 2. The van der Waals surface area contributed by atoms with Crippen molar-refractivity contribution in [3.05, 3.63) is 42.5 Å². The number of carbonyl (C=O) groups is 3. The van der Waals surface area contributed by atoms with E-state index in [0.717, 1.165) is 31.1 Å². The maximum atomic E-state index is 13.5. The molecule has 5 N–H and O–H groups in total. The Morgan fingerprint density at radius 2 is 1.74 bits per heavy atom. The highest BCUT2D eigenvalue weighted by Crippen LogP contribution is 2.24. The number of fused-ring (bicyclic) bond motifs is 1. The molecular formula is C27H39N5O6S. The number of nitrogens with zero attached hydrogens (tertiary/aromatic N) is 1. The van der Waals surface area contributed by atoms with Gasteiger partial charge in [-0.15, -0.1) is 0 Å². The average Bonchev–Trinajstić information content (AvgIpc) is 2.93. The van der Waals surface area contributed by atoms with E-state index in [1.54, 1.807) is 23.1 Å². The smallest absolute Gasteiger partial charge is 0.411 e. The number of nitrogens with two attached hydrogens (primary N) is 1. The van der Waals surface area contributed by atoms with Gasteiger partial charge in [0.25, 0.3) is 0 Å². The Morgan fingerprint density at radius 3 is 2.44 bits per heavy atom. The predicted octanol–water partition coefficient (Wildman–Crippen LogP) is 2.21. The lowest BCUT2D eigenvalue weighted by atomic mass is 9.90. The first-order valence-electron chi connectivity index (χ1n) is 13.4. The Labute approximate surface area is 229 Å². The van der Waals surface area contributed by atoms with Crippen molar-refractivity contribution in [3.63, 3.8) is 0 Å². The lowest BCUT2D eigenvalue weighted by molar-refractivity contribution is -0.133. The van der Waals surface area contributed by atoms with Gasteiger partial charge in [0.2, 0.25) is 21.8 Å². The van der Waals surface area contributed by atoms with E-state index in [1.807, 2.05) is 19.1 Å². The number of hydrogen-bond acceptors (Lipinski definition) is 7. The largest absolute Gasteiger partial charge is 0.428 e. The summed E-state index contributed by atoms with van der Waals surface area (Å²) in [5, 5.41) is 6.79. The van der Waals surface area contributed by atoms with Gasteiger partial charge in [-0.05, 0) is 61.6 Å². The van der Waals surface area contributed by atoms with Gasteiger partial charge < -0.3 is 26.0 Å². The van der Waals surface area contributed by atoms with Crippen molar-refractivity contribution >= 4 is 38.7 Å². The topological polar surface area (TPSA) is 160 Å². The van der Waals surface area contributed by atoms with Gasteiger partial charge in [0.15, 0.2) is 6.73 Å². The van der Waals surface area contributed by atoms with Crippen molar-refractivity contribution in [2.75, 3.05) is 32.9 Å². The monoisotopic (exact) mass is 561 g/mol. The Morgan fingerprint density at radius 1 is 1.03 bits per heavy atom. The summed E-state index contributed by atoms with van der Waals surface area (Å²) in [6.45, 7) is 3.01. The number of amides is 3. The Bertz CT molecular complexity index is 1250. The number of ether oxygens (including phenoxy) is 1. The van der Waals surface area contributed by atoms with E-state index in [0.29, 0.717) is 31.4 Å². The summed E-state index contributed by atoms with van der Waals surface area (Å²) in [4.78, 5) is 40.1. The minimum Gasteiger partial charge on any atom is -0.428 e. The molecule has 1 fully saturated rings. The van der Waals surface area contributed by atoms with E-state index in [4.69, 9.17) is 10.5 Å². The molecule has 12 heteroatoms. The lowest BCUT2D eigenvalue weighted by Gasteiger charge is -2.32. The summed E-state index contributed by atoms with van der Waals surface area (Å²) in [5.41, 5.74) is 3.96. The number of nitrogens with one attached hydrogen (secondary N) is 3. The minimum atomic E-state index is -4.24. The van der Waals surface area contributed by atoms with Gasteiger partial charge in [0, 0.05) is 19.6 Å². The summed E-state index contributed by atoms with van der Waals surface area (Å²) in [6.07, 6.45) is 3.16. The molecule has 0 bridgehead atoms. The molecule has 1 atom stereocenters. The molecule has 0 radical (unpaired) electrons. The zero-order valence-corrected chi connectivity index (χ0v) is 23.2. The second-order valence-corrected chi connectivity index (χ2v) is 11.4. The fraction of sp³-hybridized carbons (Fsp3) is 0.519. The summed E-state index contributed by atoms with van der Waals surface area (Å²) >= 11 is 0. The van der Waals surface area contributed by atoms with Gasteiger partial charge in [0.05, 0.1) is 11.3 Å². The maximum absolute atomic E-state index is 13.5. The van der Waals surface area contributed by atoms with Crippen LogP contribution in [-0.2, 0) is 24.3 Å². The number of likely N-dealkylation sites (tertiary alicyclic amines) is 1. The molecular weight excluding hydrogens is 522 g/mol. The second-order valence-electron chi connectivity index (χ2n) is 9.72. The molecule has 3 amide bonds. The van der Waals surface area contributed by atoms with Crippen LogP contribution in [0.4, 0.5) is 4.79 Å². The molecule has 0 aromatic heterocycles. The third-order valence-corrected chi connectivity index (χ3v) is 8.26. The van der Waals surface area contributed by atoms with Gasteiger partial charge in [-0.1, -0.05) is 43.7 Å². The van der Waals surface area contributed by atoms with Gasteiger partial charge in [-0.3, -0.25) is 9.59 Å². The molecule has 2 aromatic rings. The van der Waals surface area contributed by atoms with Crippen LogP contribution in [0.1, 0.15) is 51.9 Å². The number of carbonyl (C=O) groups excluding carboxylic acids is 3. The van der Waals surface area contributed by atoms with Crippen LogP contribution in [0.25, 0.3) is 10.8 Å². The van der Waals surface area contributed by atoms with Crippen molar-refractivity contribution in [3.8, 4) is 0 Å². The number of hydrogen-bond donors (Lipinski definition) is 4. The Balaban J connectivity index is 1.78. The van der Waals surface area contributed by atoms with Gasteiger partial charge in [-0.2, -0.15) is 4.72 Å². The molecule has 1 heterocycles. The minimum absolute atomic E-state index is 0.0418. The van der Waals surface area contributed by atoms with E-state index in [9.17, 15) is 22.8 Å². The van der Waals surface area contributed by atoms with Crippen molar-refractivity contribution < 1.29 is 27.5 Å². The summed E-state index contributed by atoms with van der Waals surface area (Å²) in [6, 6.07) is 11.9. The van der Waals surface area contributed by atoms with Crippen molar-refractivity contribution in [1.29, 1.82) is 0 Å². The second kappa shape index (κ2) is 14.2. The molecule has 1 aliphatic heterocycles. The highest BCUT2D eigenvalue weighted by Gasteiger charge is 2.43. The first-order chi connectivity index (χ1) is 18.7. The molecule has 1 saturated heterocycles. The lowest BCUT2D eigenvalue weighted by Crippen LogP contribution is -2.61. The van der Waals surface area contributed by atoms with Crippen LogP contribution in [0.2, 0.25) is 0 Å². The number of sulfonamides is 1. The fourth-order valence-corrected chi connectivity index (χ4v) is 5.97. The van der Waals surface area contributed by atoms with Crippen LogP contribution >= 0.6 is 0 Å². The van der Waals surface area contributed by atoms with Crippen LogP contribution < -0.4 is 21.1 Å². The molecule has 39 heavy (non-hydrogen) atoms. The molecule has 0 spiro atoms. The Kier molecular flexibility index (Phi) is 11.1. The first kappa shape index (κ1) is 30.3. The predicted molar refractivity (Wildman–Crippen MR) is 148 cm³/mol. The summed E-state index contributed by atoms with van der Waals surface area (Å²) < 4.78 is 34.7. The van der Waals surface area contributed by atoms with Gasteiger partial charge >= 0.3 is 6.09 Å². The zero-order chi connectivity index (χ0) is 28.3. The number of piperidine rings is 1. The van der Waals surface area contributed by atoms with Crippen LogP contribution in [0.15, 0.2) is 47.4 Å². The molecule has 0 unspecified atom stereocenters. The standard InChI is InChI=1S/C27H39N5O6S/c1-2-3-15-29-25(34)27(13-14-28,19-24(33)30-20-38-26(35)32-16-7-4-8-17-32)31-39(36,37)23-12-11-21-9-5-6-10-22(21)18-23/h5-6,9-12,18,31H,2-4,7-8,13-17,19-20,28H2,1H3,(H,29,34)(H,30,33)/t27-/m0/s1. The van der Waals surface area contributed by atoms with E-state index in [1.165, 1.54) is 12.1 Å². The van der Waals surface area contributed by atoms with Gasteiger partial charge in [-0.25, -0.2) is 13.2 Å². The molecule has 2 aromatic carbocycles. The molecule has 1 aliphatic rings. The highest BCUT2D eigenvalue weighted by molar-refractivity contribution is 7.89. The normalized spacial score (nSPS) is 15.4.